The Bertz CT molecular complexity index is 822. The van der Waals surface area contributed by atoms with Crippen LogP contribution in [0, 0.1) is 0 Å². The first kappa shape index (κ1) is 21.0. The molecule has 1 saturated heterocycles. The van der Waals surface area contributed by atoms with Crippen molar-refractivity contribution in [3.8, 4) is 0 Å². The summed E-state index contributed by atoms with van der Waals surface area (Å²) in [5.41, 5.74) is 0.0920. The third-order valence-electron chi connectivity index (χ3n) is 3.36. The highest BCUT2D eigenvalue weighted by atomic mass is 35.5. The molecule has 6 nitrogen and oxygen atoms in total. The lowest BCUT2D eigenvalue weighted by molar-refractivity contribution is -0.165. The molecule has 0 bridgehead atoms. The van der Waals surface area contributed by atoms with Gasteiger partial charge < -0.3 is 10.1 Å². The van der Waals surface area contributed by atoms with Crippen molar-refractivity contribution in [1.29, 1.82) is 0 Å². The fraction of sp³-hybridized carbons (Fsp3) is 0.357. The number of nitrogens with one attached hydrogen (secondary N) is 1. The van der Waals surface area contributed by atoms with Gasteiger partial charge in [-0.2, -0.15) is 17.5 Å². The Labute approximate surface area is 157 Å². The maximum atomic E-state index is 12.7. The summed E-state index contributed by atoms with van der Waals surface area (Å²) in [6.07, 6.45) is -4.48. The molecule has 12 heteroatoms. The molecule has 1 N–H and O–H groups in total. The number of sulfonamides is 1. The molecule has 0 aliphatic carbocycles. The topological polar surface area (TPSA) is 75.7 Å². The number of halogens is 5. The van der Waals surface area contributed by atoms with Gasteiger partial charge in [0.05, 0.1) is 18.2 Å². The first-order valence-corrected chi connectivity index (χ1v) is 9.34. The minimum atomic E-state index is -5.11. The van der Waals surface area contributed by atoms with Crippen LogP contribution in [0.15, 0.2) is 34.3 Å². The van der Waals surface area contributed by atoms with Crippen molar-refractivity contribution < 1.29 is 31.1 Å². The molecule has 1 aromatic carbocycles. The van der Waals surface area contributed by atoms with Crippen molar-refractivity contribution >= 4 is 44.7 Å². The predicted molar refractivity (Wildman–Crippen MR) is 89.7 cm³/mol. The van der Waals surface area contributed by atoms with Crippen molar-refractivity contribution in [2.75, 3.05) is 31.6 Å². The number of hydrogen-bond acceptors (Lipinski definition) is 5. The molecule has 1 fully saturated rings. The molecule has 0 saturated carbocycles. The number of alkyl halides is 3. The molecule has 1 aromatic rings. The minimum absolute atomic E-state index is 0.0523. The number of carbonyl (C=O) groups is 1. The van der Waals surface area contributed by atoms with E-state index in [1.807, 2.05) is 0 Å². The van der Waals surface area contributed by atoms with Crippen LogP contribution in [0.5, 0.6) is 0 Å². The van der Waals surface area contributed by atoms with E-state index in [1.165, 1.54) is 16.4 Å². The number of rotatable bonds is 5. The van der Waals surface area contributed by atoms with Crippen LogP contribution in [-0.2, 0) is 19.6 Å². The van der Waals surface area contributed by atoms with Gasteiger partial charge in [0.15, 0.2) is 0 Å². The van der Waals surface area contributed by atoms with E-state index in [0.29, 0.717) is 6.20 Å². The van der Waals surface area contributed by atoms with Gasteiger partial charge in [-0.3, -0.25) is 4.79 Å². The van der Waals surface area contributed by atoms with Crippen LogP contribution in [0.25, 0.3) is 0 Å². The van der Waals surface area contributed by atoms with E-state index in [0.717, 1.165) is 6.07 Å². The van der Waals surface area contributed by atoms with Crippen molar-refractivity contribution in [2.45, 2.75) is 11.1 Å². The van der Waals surface area contributed by atoms with Crippen molar-refractivity contribution in [2.24, 2.45) is 0 Å². The normalized spacial score (nSPS) is 17.2. The second-order valence-corrected chi connectivity index (χ2v) is 7.85. The maximum absolute atomic E-state index is 12.7. The zero-order valence-corrected chi connectivity index (χ0v) is 15.3. The largest absolute Gasteiger partial charge is 0.455 e. The van der Waals surface area contributed by atoms with Gasteiger partial charge in [-0.1, -0.05) is 23.2 Å². The summed E-state index contributed by atoms with van der Waals surface area (Å²) in [7, 11) is -3.91. The Balaban J connectivity index is 2.26. The van der Waals surface area contributed by atoms with Crippen LogP contribution in [0.2, 0.25) is 5.02 Å². The van der Waals surface area contributed by atoms with Crippen molar-refractivity contribution in [3.05, 3.63) is 34.5 Å². The number of hydrogen-bond donors (Lipinski definition) is 1. The summed E-state index contributed by atoms with van der Waals surface area (Å²) in [4.78, 5) is 10.7. The van der Waals surface area contributed by atoms with E-state index in [2.05, 4.69) is 5.32 Å². The van der Waals surface area contributed by atoms with Gasteiger partial charge in [0.1, 0.15) is 9.93 Å². The van der Waals surface area contributed by atoms with E-state index >= 15 is 0 Å². The Kier molecular flexibility index (Phi) is 6.56. The average molecular weight is 433 g/mol. The summed E-state index contributed by atoms with van der Waals surface area (Å²) in [6, 6.07) is 3.75. The predicted octanol–water partition coefficient (Wildman–Crippen LogP) is 2.98. The lowest BCUT2D eigenvalue weighted by Crippen LogP contribution is -2.40. The third kappa shape index (κ3) is 4.89. The lowest BCUT2D eigenvalue weighted by atomic mass is 10.3. The molecular weight excluding hydrogens is 420 g/mol. The zero-order chi connectivity index (χ0) is 19.5. The van der Waals surface area contributed by atoms with Crippen LogP contribution in [0.4, 0.5) is 18.9 Å². The molecule has 0 amide bonds. The zero-order valence-electron chi connectivity index (χ0n) is 13.0. The number of allylic oxidation sites excluding steroid dienone is 1. The van der Waals surface area contributed by atoms with Crippen LogP contribution in [-0.4, -0.2) is 51.0 Å². The van der Waals surface area contributed by atoms with Gasteiger partial charge in [-0.25, -0.2) is 8.42 Å². The highest BCUT2D eigenvalue weighted by molar-refractivity contribution is 7.89. The number of benzene rings is 1. The third-order valence-corrected chi connectivity index (χ3v) is 6.02. The number of Topliss-reactive ketones (excluding diaryl/α,β-unsaturated/α-hetero) is 1. The number of ether oxygens (including phenoxy) is 1. The van der Waals surface area contributed by atoms with Gasteiger partial charge in [-0.15, -0.1) is 0 Å². The highest BCUT2D eigenvalue weighted by Gasteiger charge is 2.40. The second-order valence-electron chi connectivity index (χ2n) is 5.13. The van der Waals surface area contributed by atoms with Gasteiger partial charge in [0.25, 0.3) is 5.78 Å². The van der Waals surface area contributed by atoms with Gasteiger partial charge >= 0.3 is 6.18 Å². The summed E-state index contributed by atoms with van der Waals surface area (Å²) in [5, 5.41) is 1.21. The van der Waals surface area contributed by atoms with E-state index in [9.17, 15) is 26.4 Å². The van der Waals surface area contributed by atoms with Crippen molar-refractivity contribution in [1.82, 2.24) is 4.31 Å². The van der Waals surface area contributed by atoms with E-state index in [-0.39, 0.29) is 41.9 Å². The highest BCUT2D eigenvalue weighted by Crippen LogP contribution is 2.29. The van der Waals surface area contributed by atoms with Crippen LogP contribution in [0.1, 0.15) is 0 Å². The number of carbonyl (C=O) groups excluding carboxylic acids is 1. The average Bonchev–Trinajstić information content (AvgIpc) is 2.59. The van der Waals surface area contributed by atoms with Gasteiger partial charge in [0.2, 0.25) is 10.0 Å². The molecule has 144 valence electrons. The van der Waals surface area contributed by atoms with Crippen LogP contribution < -0.4 is 5.32 Å². The molecule has 0 spiro atoms. The minimum Gasteiger partial charge on any atom is -0.379 e. The summed E-state index contributed by atoms with van der Waals surface area (Å²) in [6.45, 7) is 0.795. The molecule has 1 aliphatic rings. The fourth-order valence-corrected chi connectivity index (χ4v) is 4.13. The summed E-state index contributed by atoms with van der Waals surface area (Å²) >= 11 is 11.3. The first-order valence-electron chi connectivity index (χ1n) is 7.14. The first-order chi connectivity index (χ1) is 12.0. The Morgan fingerprint density at radius 1 is 1.27 bits per heavy atom. The molecule has 1 heterocycles. The van der Waals surface area contributed by atoms with E-state index in [1.54, 1.807) is 0 Å². The molecule has 2 rings (SSSR count). The van der Waals surface area contributed by atoms with E-state index < -0.39 is 27.0 Å². The Hall–Kier alpha value is -1.33. The van der Waals surface area contributed by atoms with E-state index in [4.69, 9.17) is 27.9 Å². The number of ketones is 1. The molecular formula is C14H13Cl2F3N2O4S. The lowest BCUT2D eigenvalue weighted by Gasteiger charge is -2.26. The number of nitrogens with zero attached hydrogens (tertiary/aromatic N) is 1. The van der Waals surface area contributed by atoms with Gasteiger partial charge in [0, 0.05) is 25.0 Å². The SMILES string of the molecule is O=C(/C(Cl)=C/Nc1ccc(Cl)c(S(=O)(=O)N2CCOCC2)c1)C(F)(F)F. The molecule has 1 aliphatic heterocycles. The molecule has 0 aromatic heterocycles. The second kappa shape index (κ2) is 8.13. The fourth-order valence-electron chi connectivity index (χ4n) is 2.06. The number of anilines is 1. The summed E-state index contributed by atoms with van der Waals surface area (Å²) < 4.78 is 68.5. The van der Waals surface area contributed by atoms with Crippen LogP contribution in [0.3, 0.4) is 0 Å². The smallest absolute Gasteiger partial charge is 0.379 e. The van der Waals surface area contributed by atoms with Crippen molar-refractivity contribution in [3.63, 3.8) is 0 Å². The van der Waals surface area contributed by atoms with Gasteiger partial charge in [-0.05, 0) is 18.2 Å². The summed E-state index contributed by atoms with van der Waals surface area (Å²) in [5.74, 6) is -2.22. The maximum Gasteiger partial charge on any atom is 0.455 e. The Morgan fingerprint density at radius 2 is 1.88 bits per heavy atom. The monoisotopic (exact) mass is 432 g/mol. The molecule has 0 radical (unpaired) electrons. The molecule has 26 heavy (non-hydrogen) atoms. The molecule has 0 unspecified atom stereocenters. The molecule has 0 atom stereocenters. The van der Waals surface area contributed by atoms with Crippen LogP contribution >= 0.6 is 23.2 Å². The quantitative estimate of drug-likeness (QED) is 0.723. The Morgan fingerprint density at radius 3 is 2.46 bits per heavy atom. The standard InChI is InChI=1S/C14H13Cl2F3N2O4S/c15-10-2-1-9(20-8-11(16)13(22)14(17,18)19)7-12(10)26(23,24)21-3-5-25-6-4-21/h1-2,7-8,20H,3-6H2/b11-8-. The number of morpholine rings is 1.